The molecule has 0 spiro atoms. The first-order chi connectivity index (χ1) is 9.20. The Morgan fingerprint density at radius 1 is 1.37 bits per heavy atom. The Bertz CT molecular complexity index is 565. The Balaban J connectivity index is 1.94. The van der Waals surface area contributed by atoms with E-state index in [1.807, 2.05) is 6.07 Å². The Kier molecular flexibility index (Phi) is 4.68. The van der Waals surface area contributed by atoms with Crippen LogP contribution in [0.5, 0.6) is 5.88 Å². The van der Waals surface area contributed by atoms with E-state index in [4.69, 9.17) is 4.74 Å². The Morgan fingerprint density at radius 2 is 2.16 bits per heavy atom. The van der Waals surface area contributed by atoms with Crippen LogP contribution in [0.4, 0.5) is 10.3 Å². The number of anilines is 1. The average Bonchev–Trinajstić information content (AvgIpc) is 2.43. The predicted octanol–water partition coefficient (Wildman–Crippen LogP) is 3.04. The van der Waals surface area contributed by atoms with Gasteiger partial charge in [0.2, 0.25) is 11.8 Å². The number of halogens is 2. The standard InChI is InChI=1S/C13H13BrFN3O/c1-19-12-10(14)8-17-13(18-12)16-7-6-9-4-2-3-5-11(9)15/h2-5,8H,6-7H2,1H3,(H,16,17,18). The van der Waals surface area contributed by atoms with Gasteiger partial charge in [-0.25, -0.2) is 9.37 Å². The first-order valence-corrected chi connectivity index (χ1v) is 6.54. The molecule has 2 rings (SSSR count). The van der Waals surface area contributed by atoms with Gasteiger partial charge in [-0.3, -0.25) is 0 Å². The largest absolute Gasteiger partial charge is 0.480 e. The molecule has 0 saturated heterocycles. The summed E-state index contributed by atoms with van der Waals surface area (Å²) in [7, 11) is 1.54. The molecule has 0 radical (unpaired) electrons. The third kappa shape index (κ3) is 3.64. The summed E-state index contributed by atoms with van der Waals surface area (Å²) in [5, 5.41) is 3.03. The van der Waals surface area contributed by atoms with Gasteiger partial charge >= 0.3 is 0 Å². The van der Waals surface area contributed by atoms with Crippen LogP contribution in [0, 0.1) is 5.82 Å². The summed E-state index contributed by atoms with van der Waals surface area (Å²) in [4.78, 5) is 8.26. The van der Waals surface area contributed by atoms with Crippen LogP contribution in [0.2, 0.25) is 0 Å². The topological polar surface area (TPSA) is 47.0 Å². The summed E-state index contributed by atoms with van der Waals surface area (Å²) in [5.74, 6) is 0.721. The highest BCUT2D eigenvalue weighted by Crippen LogP contribution is 2.21. The van der Waals surface area contributed by atoms with Gasteiger partial charge in [0.25, 0.3) is 0 Å². The van der Waals surface area contributed by atoms with Gasteiger partial charge in [-0.05, 0) is 34.0 Å². The van der Waals surface area contributed by atoms with Crippen LogP contribution >= 0.6 is 15.9 Å². The molecule has 0 bridgehead atoms. The number of hydrogen-bond donors (Lipinski definition) is 1. The first kappa shape index (κ1) is 13.7. The summed E-state index contributed by atoms with van der Waals surface area (Å²) < 4.78 is 19.2. The smallest absolute Gasteiger partial charge is 0.232 e. The third-order valence-electron chi connectivity index (χ3n) is 2.54. The predicted molar refractivity (Wildman–Crippen MR) is 74.9 cm³/mol. The SMILES string of the molecule is COc1nc(NCCc2ccccc2F)ncc1Br. The lowest BCUT2D eigenvalue weighted by Gasteiger charge is -2.07. The lowest BCUT2D eigenvalue weighted by molar-refractivity contribution is 0.394. The lowest BCUT2D eigenvalue weighted by atomic mass is 10.1. The van der Waals surface area contributed by atoms with Gasteiger partial charge in [0.1, 0.15) is 5.82 Å². The molecular weight excluding hydrogens is 313 g/mol. The van der Waals surface area contributed by atoms with Crippen LogP contribution in [0.25, 0.3) is 0 Å². The van der Waals surface area contributed by atoms with Crippen LogP contribution < -0.4 is 10.1 Å². The molecule has 4 nitrogen and oxygen atoms in total. The van der Waals surface area contributed by atoms with E-state index in [0.29, 0.717) is 34.8 Å². The molecule has 0 aliphatic carbocycles. The van der Waals surface area contributed by atoms with Gasteiger partial charge in [-0.1, -0.05) is 18.2 Å². The van der Waals surface area contributed by atoms with E-state index in [9.17, 15) is 4.39 Å². The van der Waals surface area contributed by atoms with Gasteiger partial charge in [-0.15, -0.1) is 0 Å². The number of hydrogen-bond acceptors (Lipinski definition) is 4. The van der Waals surface area contributed by atoms with Crippen LogP contribution in [0.15, 0.2) is 34.9 Å². The van der Waals surface area contributed by atoms with Crippen molar-refractivity contribution in [1.82, 2.24) is 9.97 Å². The molecule has 0 saturated carbocycles. The number of benzene rings is 1. The molecule has 19 heavy (non-hydrogen) atoms. The molecule has 100 valence electrons. The highest BCUT2D eigenvalue weighted by atomic mass is 79.9. The van der Waals surface area contributed by atoms with E-state index in [2.05, 4.69) is 31.2 Å². The van der Waals surface area contributed by atoms with Crippen molar-refractivity contribution in [2.75, 3.05) is 19.0 Å². The summed E-state index contributed by atoms with van der Waals surface area (Å²) in [5.41, 5.74) is 0.666. The zero-order valence-corrected chi connectivity index (χ0v) is 11.9. The highest BCUT2D eigenvalue weighted by molar-refractivity contribution is 9.10. The van der Waals surface area contributed by atoms with E-state index >= 15 is 0 Å². The van der Waals surface area contributed by atoms with E-state index in [0.717, 1.165) is 0 Å². The number of aromatic nitrogens is 2. The number of rotatable bonds is 5. The molecular formula is C13H13BrFN3O. The van der Waals surface area contributed by atoms with Crippen molar-refractivity contribution >= 4 is 21.9 Å². The normalized spacial score (nSPS) is 10.3. The molecule has 2 aromatic rings. The van der Waals surface area contributed by atoms with Crippen LogP contribution in [-0.4, -0.2) is 23.6 Å². The molecule has 0 atom stereocenters. The monoisotopic (exact) mass is 325 g/mol. The van der Waals surface area contributed by atoms with Crippen LogP contribution in [-0.2, 0) is 6.42 Å². The minimum atomic E-state index is -0.196. The van der Waals surface area contributed by atoms with Gasteiger partial charge in [0.05, 0.1) is 17.8 Å². The van der Waals surface area contributed by atoms with Crippen molar-refractivity contribution in [1.29, 1.82) is 0 Å². The zero-order chi connectivity index (χ0) is 13.7. The molecule has 1 aromatic heterocycles. The van der Waals surface area contributed by atoms with Gasteiger partial charge in [0.15, 0.2) is 0 Å². The van der Waals surface area contributed by atoms with Crippen molar-refractivity contribution in [2.24, 2.45) is 0 Å². The Morgan fingerprint density at radius 3 is 2.89 bits per heavy atom. The van der Waals surface area contributed by atoms with Crippen molar-refractivity contribution in [3.63, 3.8) is 0 Å². The highest BCUT2D eigenvalue weighted by Gasteiger charge is 2.05. The quantitative estimate of drug-likeness (QED) is 0.917. The van der Waals surface area contributed by atoms with Crippen LogP contribution in [0.1, 0.15) is 5.56 Å². The number of nitrogens with zero attached hydrogens (tertiary/aromatic N) is 2. The molecule has 1 N–H and O–H groups in total. The van der Waals surface area contributed by atoms with Gasteiger partial charge in [0, 0.05) is 6.54 Å². The fourth-order valence-electron chi connectivity index (χ4n) is 1.59. The molecule has 0 aliphatic heterocycles. The van der Waals surface area contributed by atoms with E-state index < -0.39 is 0 Å². The fourth-order valence-corrected chi connectivity index (χ4v) is 1.94. The number of methoxy groups -OCH3 is 1. The summed E-state index contributed by atoms with van der Waals surface area (Å²) in [6.45, 7) is 0.547. The molecule has 1 heterocycles. The maximum absolute atomic E-state index is 13.4. The fraction of sp³-hybridized carbons (Fsp3) is 0.231. The zero-order valence-electron chi connectivity index (χ0n) is 10.4. The lowest BCUT2D eigenvalue weighted by Crippen LogP contribution is -2.09. The summed E-state index contributed by atoms with van der Waals surface area (Å²) in [6.07, 6.45) is 2.17. The average molecular weight is 326 g/mol. The van der Waals surface area contributed by atoms with Gasteiger partial charge < -0.3 is 10.1 Å². The maximum Gasteiger partial charge on any atom is 0.232 e. The summed E-state index contributed by atoms with van der Waals surface area (Å²) >= 11 is 3.28. The third-order valence-corrected chi connectivity index (χ3v) is 3.08. The van der Waals surface area contributed by atoms with Crippen molar-refractivity contribution in [3.8, 4) is 5.88 Å². The van der Waals surface area contributed by atoms with E-state index in [-0.39, 0.29) is 5.82 Å². The first-order valence-electron chi connectivity index (χ1n) is 5.74. The van der Waals surface area contributed by atoms with E-state index in [1.165, 1.54) is 13.2 Å². The number of ether oxygens (including phenoxy) is 1. The van der Waals surface area contributed by atoms with Crippen LogP contribution in [0.3, 0.4) is 0 Å². The molecule has 0 fully saturated rings. The molecule has 0 aliphatic rings. The van der Waals surface area contributed by atoms with Crippen molar-refractivity contribution < 1.29 is 9.13 Å². The van der Waals surface area contributed by atoms with Crippen molar-refractivity contribution in [3.05, 3.63) is 46.3 Å². The molecule has 6 heteroatoms. The Labute approximate surface area is 119 Å². The minimum Gasteiger partial charge on any atom is -0.480 e. The van der Waals surface area contributed by atoms with E-state index in [1.54, 1.807) is 18.3 Å². The second-order valence-electron chi connectivity index (χ2n) is 3.82. The molecule has 0 unspecified atom stereocenters. The van der Waals surface area contributed by atoms with Crippen molar-refractivity contribution in [2.45, 2.75) is 6.42 Å². The summed E-state index contributed by atoms with van der Waals surface area (Å²) in [6, 6.07) is 6.71. The second-order valence-corrected chi connectivity index (χ2v) is 4.67. The molecule has 0 amide bonds. The Hall–Kier alpha value is -1.69. The molecule has 1 aromatic carbocycles. The minimum absolute atomic E-state index is 0.196. The van der Waals surface area contributed by atoms with Gasteiger partial charge in [-0.2, -0.15) is 4.98 Å². The second kappa shape index (κ2) is 6.47. The number of nitrogens with one attached hydrogen (secondary N) is 1. The maximum atomic E-state index is 13.4.